The van der Waals surface area contributed by atoms with Crippen LogP contribution in [-0.4, -0.2) is 53.3 Å². The molecule has 1 aromatic carbocycles. The summed E-state index contributed by atoms with van der Waals surface area (Å²) in [5.74, 6) is -0.0708. The van der Waals surface area contributed by atoms with E-state index in [1.807, 2.05) is 60.6 Å². The van der Waals surface area contributed by atoms with Crippen LogP contribution in [0.25, 0.3) is 0 Å². The first kappa shape index (κ1) is 23.8. The molecule has 174 valence electrons. The molecule has 2 heterocycles. The number of likely N-dealkylation sites (N-methyl/N-ethyl adjacent to an activating group) is 1. The molecule has 3 rings (SSSR count). The molecular weight excluding hydrogens is 404 g/mol. The van der Waals surface area contributed by atoms with Gasteiger partial charge in [0.15, 0.2) is 0 Å². The van der Waals surface area contributed by atoms with Crippen LogP contribution >= 0.6 is 0 Å². The molecule has 0 saturated carbocycles. The van der Waals surface area contributed by atoms with Crippen molar-refractivity contribution in [1.82, 2.24) is 20.4 Å². The zero-order chi connectivity index (χ0) is 23.7. The largest absolute Gasteiger partial charge is 0.354 e. The maximum Gasteiger partial charge on any atom is 0.322 e. The van der Waals surface area contributed by atoms with Gasteiger partial charge in [0.05, 0.1) is 23.9 Å². The van der Waals surface area contributed by atoms with Crippen molar-refractivity contribution in [3.63, 3.8) is 0 Å². The number of hydrogen-bond donors (Lipinski definition) is 2. The highest BCUT2D eigenvalue weighted by Crippen LogP contribution is 2.38. The second-order valence-electron chi connectivity index (χ2n) is 9.61. The highest BCUT2D eigenvalue weighted by atomic mass is 16.2. The molecule has 4 amide bonds. The van der Waals surface area contributed by atoms with E-state index >= 15 is 0 Å². The SMILES string of the molecule is CCN1C(=O)N[C@@H](c2ccc(C)cc2C)C2=C1CN([C@@H](C(=O)NCC(C)C)C(C)C)C2=O. The van der Waals surface area contributed by atoms with E-state index in [0.717, 1.165) is 16.7 Å². The number of benzene rings is 1. The Kier molecular flexibility index (Phi) is 6.96. The Morgan fingerprint density at radius 3 is 2.44 bits per heavy atom. The van der Waals surface area contributed by atoms with Crippen LogP contribution in [0.5, 0.6) is 0 Å². The lowest BCUT2D eigenvalue weighted by Gasteiger charge is -2.33. The van der Waals surface area contributed by atoms with Gasteiger partial charge in [0, 0.05) is 13.1 Å². The Bertz CT molecular complexity index is 951. The standard InChI is InChI=1S/C25H36N4O3/c1-8-28-19-13-29(22(15(4)5)23(30)26-12-14(2)3)24(31)20(19)21(27-25(28)32)18-10-9-16(6)11-17(18)7/h9-11,14-15,21-22H,8,12-13H2,1-7H3,(H,26,30)(H,27,32)/t21-,22+/m0/s1. The van der Waals surface area contributed by atoms with Crippen molar-refractivity contribution in [2.45, 2.75) is 60.5 Å². The highest BCUT2D eigenvalue weighted by molar-refractivity contribution is 6.03. The molecule has 1 aromatic rings. The molecule has 0 fully saturated rings. The lowest BCUT2D eigenvalue weighted by atomic mass is 9.91. The summed E-state index contributed by atoms with van der Waals surface area (Å²) in [4.78, 5) is 43.0. The van der Waals surface area contributed by atoms with Crippen molar-refractivity contribution < 1.29 is 14.4 Å². The smallest absolute Gasteiger partial charge is 0.322 e. The minimum absolute atomic E-state index is 0.0641. The van der Waals surface area contributed by atoms with E-state index in [-0.39, 0.29) is 30.3 Å². The molecule has 7 nitrogen and oxygen atoms in total. The Hall–Kier alpha value is -2.83. The Labute approximate surface area is 191 Å². The summed E-state index contributed by atoms with van der Waals surface area (Å²) in [5.41, 5.74) is 4.33. The van der Waals surface area contributed by atoms with Gasteiger partial charge in [-0.25, -0.2) is 4.79 Å². The lowest BCUT2D eigenvalue weighted by Crippen LogP contribution is -2.52. The number of carbonyl (C=O) groups excluding carboxylic acids is 3. The summed E-state index contributed by atoms with van der Waals surface area (Å²) in [6.07, 6.45) is 0. The van der Waals surface area contributed by atoms with E-state index in [2.05, 4.69) is 16.7 Å². The fourth-order valence-corrected chi connectivity index (χ4v) is 4.67. The molecule has 0 radical (unpaired) electrons. The lowest BCUT2D eigenvalue weighted by molar-refractivity contribution is -0.138. The van der Waals surface area contributed by atoms with Gasteiger partial charge in [0.2, 0.25) is 5.91 Å². The fourth-order valence-electron chi connectivity index (χ4n) is 4.67. The van der Waals surface area contributed by atoms with E-state index in [4.69, 9.17) is 0 Å². The Morgan fingerprint density at radius 2 is 1.88 bits per heavy atom. The van der Waals surface area contributed by atoms with Gasteiger partial charge in [0.25, 0.3) is 5.91 Å². The van der Waals surface area contributed by atoms with Gasteiger partial charge >= 0.3 is 6.03 Å². The fraction of sp³-hybridized carbons (Fsp3) is 0.560. The third kappa shape index (κ3) is 4.38. The van der Waals surface area contributed by atoms with E-state index < -0.39 is 12.1 Å². The molecule has 2 aliphatic heterocycles. The van der Waals surface area contributed by atoms with Gasteiger partial charge in [-0.1, -0.05) is 51.5 Å². The molecule has 32 heavy (non-hydrogen) atoms. The minimum Gasteiger partial charge on any atom is -0.354 e. The first-order chi connectivity index (χ1) is 15.1. The number of carbonyl (C=O) groups is 3. The molecular formula is C25H36N4O3. The molecule has 0 bridgehead atoms. The number of amides is 4. The van der Waals surface area contributed by atoms with E-state index in [1.165, 1.54) is 0 Å². The number of rotatable bonds is 7. The van der Waals surface area contributed by atoms with Crippen LogP contribution in [0.1, 0.15) is 57.4 Å². The van der Waals surface area contributed by atoms with Crippen LogP contribution in [0.2, 0.25) is 0 Å². The first-order valence-corrected chi connectivity index (χ1v) is 11.5. The zero-order valence-corrected chi connectivity index (χ0v) is 20.3. The van der Waals surface area contributed by atoms with Gasteiger partial charge in [-0.2, -0.15) is 0 Å². The maximum atomic E-state index is 13.8. The van der Waals surface area contributed by atoms with E-state index in [1.54, 1.807) is 9.80 Å². The predicted octanol–water partition coefficient (Wildman–Crippen LogP) is 3.28. The van der Waals surface area contributed by atoms with Crippen LogP contribution in [0.4, 0.5) is 4.79 Å². The van der Waals surface area contributed by atoms with Crippen molar-refractivity contribution in [1.29, 1.82) is 0 Å². The van der Waals surface area contributed by atoms with E-state index in [9.17, 15) is 14.4 Å². The monoisotopic (exact) mass is 440 g/mol. The third-order valence-electron chi connectivity index (χ3n) is 6.22. The predicted molar refractivity (Wildman–Crippen MR) is 125 cm³/mol. The molecule has 2 atom stereocenters. The highest BCUT2D eigenvalue weighted by Gasteiger charge is 2.47. The van der Waals surface area contributed by atoms with Crippen LogP contribution in [0.15, 0.2) is 29.5 Å². The topological polar surface area (TPSA) is 81.8 Å². The van der Waals surface area contributed by atoms with Crippen LogP contribution in [-0.2, 0) is 9.59 Å². The second-order valence-corrected chi connectivity index (χ2v) is 9.61. The number of urea groups is 1. The first-order valence-electron chi connectivity index (χ1n) is 11.5. The van der Waals surface area contributed by atoms with Crippen LogP contribution < -0.4 is 10.6 Å². The van der Waals surface area contributed by atoms with Crippen LogP contribution in [0, 0.1) is 25.7 Å². The summed E-state index contributed by atoms with van der Waals surface area (Å²) in [7, 11) is 0. The van der Waals surface area contributed by atoms with Gasteiger partial charge < -0.3 is 15.5 Å². The van der Waals surface area contributed by atoms with Crippen molar-refractivity contribution in [2.75, 3.05) is 19.6 Å². The molecule has 2 N–H and O–H groups in total. The van der Waals surface area contributed by atoms with Crippen molar-refractivity contribution in [3.8, 4) is 0 Å². The molecule has 0 unspecified atom stereocenters. The van der Waals surface area contributed by atoms with Gasteiger partial charge in [-0.15, -0.1) is 0 Å². The normalized spacial score (nSPS) is 19.6. The summed E-state index contributed by atoms with van der Waals surface area (Å²) < 4.78 is 0. The average molecular weight is 441 g/mol. The van der Waals surface area contributed by atoms with Gasteiger partial charge in [0.1, 0.15) is 6.04 Å². The molecule has 0 spiro atoms. The molecule has 0 saturated heterocycles. The molecule has 0 aromatic heterocycles. The summed E-state index contributed by atoms with van der Waals surface area (Å²) >= 11 is 0. The number of nitrogens with one attached hydrogen (secondary N) is 2. The van der Waals surface area contributed by atoms with Gasteiger partial charge in [-0.3, -0.25) is 14.5 Å². The number of aryl methyl sites for hydroxylation is 2. The Morgan fingerprint density at radius 1 is 1.19 bits per heavy atom. The minimum atomic E-state index is -0.597. The average Bonchev–Trinajstić information content (AvgIpc) is 3.02. The third-order valence-corrected chi connectivity index (χ3v) is 6.22. The zero-order valence-electron chi connectivity index (χ0n) is 20.3. The summed E-state index contributed by atoms with van der Waals surface area (Å²) in [6.45, 7) is 15.2. The molecule has 0 aliphatic carbocycles. The number of nitrogens with zero attached hydrogens (tertiary/aromatic N) is 2. The quantitative estimate of drug-likeness (QED) is 0.683. The van der Waals surface area contributed by atoms with Crippen LogP contribution in [0.3, 0.4) is 0 Å². The second kappa shape index (κ2) is 9.35. The van der Waals surface area contributed by atoms with E-state index in [0.29, 0.717) is 30.3 Å². The van der Waals surface area contributed by atoms with Crippen molar-refractivity contribution in [3.05, 3.63) is 46.2 Å². The Balaban J connectivity index is 2.01. The molecule has 7 heteroatoms. The van der Waals surface area contributed by atoms with Crippen molar-refractivity contribution in [2.24, 2.45) is 11.8 Å². The summed E-state index contributed by atoms with van der Waals surface area (Å²) in [5, 5.41) is 6.02. The van der Waals surface area contributed by atoms with Crippen molar-refractivity contribution >= 4 is 17.8 Å². The van der Waals surface area contributed by atoms with Gasteiger partial charge in [-0.05, 0) is 43.7 Å². The number of hydrogen-bond acceptors (Lipinski definition) is 3. The molecule has 2 aliphatic rings. The summed E-state index contributed by atoms with van der Waals surface area (Å²) in [6, 6.07) is 4.70. The maximum absolute atomic E-state index is 13.8.